The first-order chi connectivity index (χ1) is 14.7. The van der Waals surface area contributed by atoms with E-state index in [9.17, 15) is 4.79 Å². The van der Waals surface area contributed by atoms with Crippen LogP contribution in [-0.2, 0) is 6.42 Å². The number of hydrogen-bond donors (Lipinski definition) is 0. The van der Waals surface area contributed by atoms with E-state index in [1.165, 1.54) is 76.2 Å². The number of ketones is 1. The molecule has 0 aliphatic rings. The topological polar surface area (TPSA) is 17.1 Å². The lowest BCUT2D eigenvalue weighted by Gasteiger charge is -2.06. The summed E-state index contributed by atoms with van der Waals surface area (Å²) in [4.78, 5) is 12.4. The third-order valence-corrected chi connectivity index (χ3v) is 6.25. The van der Waals surface area contributed by atoms with Crippen LogP contribution >= 0.6 is 11.6 Å². The summed E-state index contributed by atoms with van der Waals surface area (Å²) in [6.45, 7) is 2.27. The minimum absolute atomic E-state index is 0.270. The highest BCUT2D eigenvalue weighted by Crippen LogP contribution is 2.20. The highest BCUT2D eigenvalue weighted by Gasteiger charge is 2.07. The molecule has 0 heterocycles. The molecular weight excluding hydrogens is 388 g/mol. The van der Waals surface area contributed by atoms with Gasteiger partial charge in [0.25, 0.3) is 0 Å². The number of benzene rings is 2. The molecule has 164 valence electrons. The monoisotopic (exact) mass is 426 g/mol. The average Bonchev–Trinajstić information content (AvgIpc) is 2.76. The Kier molecular flexibility index (Phi) is 12.5. The molecule has 0 amide bonds. The molecule has 0 aliphatic carbocycles. The van der Waals surface area contributed by atoms with Gasteiger partial charge in [-0.2, -0.15) is 0 Å². The highest BCUT2D eigenvalue weighted by molar-refractivity contribution is 6.31. The molecule has 30 heavy (non-hydrogen) atoms. The second kappa shape index (κ2) is 15.2. The molecule has 0 saturated carbocycles. The molecule has 0 aromatic heterocycles. The Hall–Kier alpha value is -1.60. The van der Waals surface area contributed by atoms with Gasteiger partial charge < -0.3 is 0 Å². The molecule has 0 radical (unpaired) electrons. The summed E-state index contributed by atoms with van der Waals surface area (Å²) in [6.07, 6.45) is 17.3. The number of hydrogen-bond acceptors (Lipinski definition) is 1. The number of rotatable bonds is 16. The summed E-state index contributed by atoms with van der Waals surface area (Å²) in [7, 11) is 0. The maximum atomic E-state index is 12.4. The van der Waals surface area contributed by atoms with Crippen LogP contribution in [0.25, 0.3) is 0 Å². The normalized spacial score (nSPS) is 11.0. The zero-order valence-electron chi connectivity index (χ0n) is 18.8. The van der Waals surface area contributed by atoms with E-state index in [0.717, 1.165) is 29.0 Å². The van der Waals surface area contributed by atoms with Gasteiger partial charge in [-0.15, -0.1) is 0 Å². The number of carbonyl (C=O) groups excluding carboxylic acids is 1. The molecule has 2 heteroatoms. The quantitative estimate of drug-likeness (QED) is 0.193. The predicted molar refractivity (Wildman–Crippen MR) is 131 cm³/mol. The van der Waals surface area contributed by atoms with Crippen LogP contribution in [0.15, 0.2) is 48.5 Å². The van der Waals surface area contributed by atoms with Crippen molar-refractivity contribution in [1.29, 1.82) is 0 Å². The molecule has 0 unspecified atom stereocenters. The standard InChI is InChI=1S/C28H39ClO/c1-2-3-4-5-6-7-8-9-10-11-12-13-18-28(30)25-21-19-24(20-22-25)23-26-16-14-15-17-27(26)29/h14-17,19-22H,2-13,18,23H2,1H3. The lowest BCUT2D eigenvalue weighted by molar-refractivity contribution is 0.0979. The Morgan fingerprint density at radius 1 is 0.700 bits per heavy atom. The van der Waals surface area contributed by atoms with Crippen molar-refractivity contribution in [2.75, 3.05) is 0 Å². The lowest BCUT2D eigenvalue weighted by atomic mass is 9.99. The zero-order valence-corrected chi connectivity index (χ0v) is 19.6. The molecule has 0 aliphatic heterocycles. The average molecular weight is 427 g/mol. The van der Waals surface area contributed by atoms with Crippen molar-refractivity contribution in [2.24, 2.45) is 0 Å². The Labute approximate surface area is 189 Å². The summed E-state index contributed by atoms with van der Waals surface area (Å²) in [5.41, 5.74) is 3.14. The van der Waals surface area contributed by atoms with E-state index in [1.54, 1.807) is 0 Å². The first-order valence-electron chi connectivity index (χ1n) is 12.1. The van der Waals surface area contributed by atoms with E-state index < -0.39 is 0 Å². The fourth-order valence-electron chi connectivity index (χ4n) is 3.94. The second-order valence-electron chi connectivity index (χ2n) is 8.53. The molecule has 0 fully saturated rings. The van der Waals surface area contributed by atoms with Crippen LogP contribution in [-0.4, -0.2) is 5.78 Å². The van der Waals surface area contributed by atoms with Crippen LogP contribution in [0, 0.1) is 0 Å². The first-order valence-corrected chi connectivity index (χ1v) is 12.4. The van der Waals surface area contributed by atoms with Gasteiger partial charge in [0.2, 0.25) is 0 Å². The van der Waals surface area contributed by atoms with Crippen molar-refractivity contribution in [2.45, 2.75) is 96.8 Å². The van der Waals surface area contributed by atoms with Crippen molar-refractivity contribution in [3.8, 4) is 0 Å². The summed E-state index contributed by atoms with van der Waals surface area (Å²) >= 11 is 6.24. The smallest absolute Gasteiger partial charge is 0.162 e. The van der Waals surface area contributed by atoms with E-state index in [1.807, 2.05) is 30.3 Å². The summed E-state index contributed by atoms with van der Waals surface area (Å²) in [5.74, 6) is 0.270. The third-order valence-electron chi connectivity index (χ3n) is 5.89. The third kappa shape index (κ3) is 9.94. The molecule has 0 saturated heterocycles. The molecule has 0 spiro atoms. The van der Waals surface area contributed by atoms with E-state index in [2.05, 4.69) is 25.1 Å². The number of unbranched alkanes of at least 4 members (excludes halogenated alkanes) is 11. The van der Waals surface area contributed by atoms with Crippen molar-refractivity contribution in [3.63, 3.8) is 0 Å². The molecule has 0 N–H and O–H groups in total. The molecule has 0 bridgehead atoms. The molecule has 2 rings (SSSR count). The van der Waals surface area contributed by atoms with Gasteiger partial charge in [-0.05, 0) is 30.0 Å². The van der Waals surface area contributed by atoms with Gasteiger partial charge in [0.15, 0.2) is 5.78 Å². The largest absolute Gasteiger partial charge is 0.294 e. The number of Topliss-reactive ketones (excluding diaryl/α,β-unsaturated/α-hetero) is 1. The van der Waals surface area contributed by atoms with E-state index in [4.69, 9.17) is 11.6 Å². The zero-order chi connectivity index (χ0) is 21.4. The fraction of sp³-hybridized carbons (Fsp3) is 0.536. The van der Waals surface area contributed by atoms with Gasteiger partial charge in [-0.25, -0.2) is 0 Å². The van der Waals surface area contributed by atoms with Gasteiger partial charge in [-0.1, -0.05) is 132 Å². The maximum absolute atomic E-state index is 12.4. The van der Waals surface area contributed by atoms with Crippen LogP contribution in [0.2, 0.25) is 5.02 Å². The Morgan fingerprint density at radius 3 is 1.80 bits per heavy atom. The van der Waals surface area contributed by atoms with Crippen LogP contribution in [0.3, 0.4) is 0 Å². The van der Waals surface area contributed by atoms with Crippen LogP contribution < -0.4 is 0 Å². The maximum Gasteiger partial charge on any atom is 0.162 e. The van der Waals surface area contributed by atoms with E-state index in [0.29, 0.717) is 6.42 Å². The van der Waals surface area contributed by atoms with Gasteiger partial charge in [0, 0.05) is 17.0 Å². The Morgan fingerprint density at radius 2 is 1.23 bits per heavy atom. The number of halogens is 1. The summed E-state index contributed by atoms with van der Waals surface area (Å²) in [5, 5.41) is 0.796. The van der Waals surface area contributed by atoms with E-state index >= 15 is 0 Å². The van der Waals surface area contributed by atoms with Gasteiger partial charge in [0.05, 0.1) is 0 Å². The summed E-state index contributed by atoms with van der Waals surface area (Å²) < 4.78 is 0. The van der Waals surface area contributed by atoms with Crippen molar-refractivity contribution >= 4 is 17.4 Å². The van der Waals surface area contributed by atoms with Crippen molar-refractivity contribution in [3.05, 3.63) is 70.2 Å². The number of carbonyl (C=O) groups is 1. The van der Waals surface area contributed by atoms with Crippen molar-refractivity contribution < 1.29 is 4.79 Å². The van der Waals surface area contributed by atoms with Crippen molar-refractivity contribution in [1.82, 2.24) is 0 Å². The molecule has 1 nitrogen and oxygen atoms in total. The Balaban J connectivity index is 1.54. The Bertz CT molecular complexity index is 720. The molecular formula is C28H39ClO. The second-order valence-corrected chi connectivity index (χ2v) is 8.93. The minimum atomic E-state index is 0.270. The van der Waals surface area contributed by atoms with Gasteiger partial charge in [-0.3, -0.25) is 4.79 Å². The summed E-state index contributed by atoms with van der Waals surface area (Å²) in [6, 6.07) is 16.0. The lowest BCUT2D eigenvalue weighted by Crippen LogP contribution is -1.99. The predicted octanol–water partition coefficient (Wildman–Crippen LogP) is 9.20. The highest BCUT2D eigenvalue weighted by atomic mass is 35.5. The minimum Gasteiger partial charge on any atom is -0.294 e. The van der Waals surface area contributed by atoms with Crippen LogP contribution in [0.1, 0.15) is 112 Å². The molecule has 0 atom stereocenters. The first kappa shape index (κ1) is 24.7. The van der Waals surface area contributed by atoms with Crippen LogP contribution in [0.4, 0.5) is 0 Å². The fourth-order valence-corrected chi connectivity index (χ4v) is 4.14. The molecule has 2 aromatic carbocycles. The van der Waals surface area contributed by atoms with Gasteiger partial charge in [0.1, 0.15) is 0 Å². The SMILES string of the molecule is CCCCCCCCCCCCCCC(=O)c1ccc(Cc2ccccc2Cl)cc1. The van der Waals surface area contributed by atoms with Crippen LogP contribution in [0.5, 0.6) is 0 Å². The van der Waals surface area contributed by atoms with E-state index in [-0.39, 0.29) is 5.78 Å². The van der Waals surface area contributed by atoms with Gasteiger partial charge >= 0.3 is 0 Å². The molecule has 2 aromatic rings.